The van der Waals surface area contributed by atoms with Crippen LogP contribution in [0.2, 0.25) is 0 Å². The molecule has 0 aromatic heterocycles. The molecule has 0 fully saturated rings. The summed E-state index contributed by atoms with van der Waals surface area (Å²) in [5.74, 6) is 0.332. The van der Waals surface area contributed by atoms with Crippen LogP contribution < -0.4 is 19.6 Å². The molecule has 4 aromatic rings. The zero-order chi connectivity index (χ0) is 26.0. The van der Waals surface area contributed by atoms with E-state index in [9.17, 15) is 9.59 Å². The molecule has 1 amide bonds. The highest BCUT2D eigenvalue weighted by Gasteiger charge is 2.13. The van der Waals surface area contributed by atoms with E-state index in [1.54, 1.807) is 30.3 Å². The van der Waals surface area contributed by atoms with Crippen LogP contribution in [0.4, 0.5) is 0 Å². The van der Waals surface area contributed by atoms with Crippen LogP contribution in [0.5, 0.6) is 17.2 Å². The summed E-state index contributed by atoms with van der Waals surface area (Å²) in [5, 5.41) is 3.96. The van der Waals surface area contributed by atoms with Gasteiger partial charge in [0.25, 0.3) is 5.91 Å². The maximum absolute atomic E-state index is 12.4. The molecule has 4 rings (SSSR count). The molecule has 0 aliphatic heterocycles. The Morgan fingerprint density at radius 1 is 0.838 bits per heavy atom. The zero-order valence-electron chi connectivity index (χ0n) is 20.5. The van der Waals surface area contributed by atoms with Crippen molar-refractivity contribution in [2.45, 2.75) is 6.92 Å². The molecule has 7 heteroatoms. The first-order valence-electron chi connectivity index (χ1n) is 11.6. The first-order chi connectivity index (χ1) is 18.0. The predicted molar refractivity (Wildman–Crippen MR) is 142 cm³/mol. The summed E-state index contributed by atoms with van der Waals surface area (Å²) in [6.07, 6.45) is 1.46. The van der Waals surface area contributed by atoms with Gasteiger partial charge in [-0.1, -0.05) is 60.2 Å². The molecule has 0 unspecified atom stereocenters. The first kappa shape index (κ1) is 25.2. The van der Waals surface area contributed by atoms with Crippen LogP contribution >= 0.6 is 0 Å². The molecular weight excluding hydrogens is 468 g/mol. The topological polar surface area (TPSA) is 86.2 Å². The maximum Gasteiger partial charge on any atom is 0.343 e. The Balaban J connectivity index is 1.28. The number of hydrogen-bond donors (Lipinski definition) is 1. The molecule has 37 heavy (non-hydrogen) atoms. The molecule has 0 saturated heterocycles. The fourth-order valence-corrected chi connectivity index (χ4v) is 3.43. The average Bonchev–Trinajstić information content (AvgIpc) is 2.93. The fraction of sp³-hybridized carbons (Fsp3) is 0.100. The van der Waals surface area contributed by atoms with Crippen LogP contribution in [0.15, 0.2) is 102 Å². The molecule has 0 aliphatic carbocycles. The number of carbonyl (C=O) groups is 2. The first-order valence-corrected chi connectivity index (χ1v) is 11.6. The van der Waals surface area contributed by atoms with E-state index in [0.29, 0.717) is 22.6 Å². The van der Waals surface area contributed by atoms with E-state index in [4.69, 9.17) is 14.2 Å². The van der Waals surface area contributed by atoms with Gasteiger partial charge in [0.1, 0.15) is 5.75 Å². The smallest absolute Gasteiger partial charge is 0.343 e. The number of ether oxygens (including phenoxy) is 3. The summed E-state index contributed by atoms with van der Waals surface area (Å²) in [4.78, 5) is 24.5. The number of nitrogens with one attached hydrogen (secondary N) is 1. The Hall–Kier alpha value is -4.91. The molecule has 0 aliphatic rings. The van der Waals surface area contributed by atoms with Crippen molar-refractivity contribution in [1.82, 2.24) is 5.43 Å². The Morgan fingerprint density at radius 2 is 1.54 bits per heavy atom. The molecule has 0 radical (unpaired) electrons. The van der Waals surface area contributed by atoms with E-state index in [1.165, 1.54) is 13.3 Å². The number of rotatable bonds is 9. The van der Waals surface area contributed by atoms with E-state index in [-0.39, 0.29) is 12.4 Å². The van der Waals surface area contributed by atoms with Gasteiger partial charge < -0.3 is 14.2 Å². The summed E-state index contributed by atoms with van der Waals surface area (Å²) >= 11 is 0. The van der Waals surface area contributed by atoms with Crippen LogP contribution in [-0.2, 0) is 4.79 Å². The van der Waals surface area contributed by atoms with Crippen molar-refractivity contribution in [3.05, 3.63) is 114 Å². The quantitative estimate of drug-likeness (QED) is 0.145. The van der Waals surface area contributed by atoms with Gasteiger partial charge in [-0.15, -0.1) is 0 Å². The van der Waals surface area contributed by atoms with E-state index in [1.807, 2.05) is 73.7 Å². The number of nitrogens with zero attached hydrogens (tertiary/aromatic N) is 1. The van der Waals surface area contributed by atoms with Crippen molar-refractivity contribution < 1.29 is 23.8 Å². The molecule has 186 valence electrons. The number of methoxy groups -OCH3 is 1. The fourth-order valence-electron chi connectivity index (χ4n) is 3.43. The summed E-state index contributed by atoms with van der Waals surface area (Å²) in [5.41, 5.74) is 6.73. The average molecular weight is 495 g/mol. The number of benzene rings is 4. The van der Waals surface area contributed by atoms with Crippen LogP contribution in [0.25, 0.3) is 11.1 Å². The van der Waals surface area contributed by atoms with E-state index in [0.717, 1.165) is 16.7 Å². The largest absolute Gasteiger partial charge is 0.493 e. The molecule has 0 bridgehead atoms. The van der Waals surface area contributed by atoms with Gasteiger partial charge in [0.15, 0.2) is 18.1 Å². The summed E-state index contributed by atoms with van der Waals surface area (Å²) in [6.45, 7) is 1.76. The van der Waals surface area contributed by atoms with Gasteiger partial charge in [0.2, 0.25) is 0 Å². The second-order valence-corrected chi connectivity index (χ2v) is 8.14. The van der Waals surface area contributed by atoms with Crippen molar-refractivity contribution >= 4 is 18.1 Å². The van der Waals surface area contributed by atoms with Gasteiger partial charge >= 0.3 is 5.97 Å². The van der Waals surface area contributed by atoms with Crippen molar-refractivity contribution in [2.24, 2.45) is 5.10 Å². The van der Waals surface area contributed by atoms with E-state index < -0.39 is 11.9 Å². The van der Waals surface area contributed by atoms with E-state index >= 15 is 0 Å². The lowest BCUT2D eigenvalue weighted by molar-refractivity contribution is -0.123. The minimum Gasteiger partial charge on any atom is -0.493 e. The predicted octanol–water partition coefficient (Wildman–Crippen LogP) is 5.42. The third-order valence-corrected chi connectivity index (χ3v) is 5.41. The minimum atomic E-state index is -0.485. The number of esters is 1. The SMILES string of the molecule is COc1cc(/C=N/NC(=O)COc2ccc(-c3ccccc3)cc2)ccc1OC(=O)c1ccc(C)cc1. The van der Waals surface area contributed by atoms with Gasteiger partial charge in [-0.3, -0.25) is 4.79 Å². The number of carbonyl (C=O) groups excluding carboxylic acids is 2. The highest BCUT2D eigenvalue weighted by Crippen LogP contribution is 2.28. The Morgan fingerprint density at radius 3 is 2.24 bits per heavy atom. The molecule has 4 aromatic carbocycles. The highest BCUT2D eigenvalue weighted by molar-refractivity contribution is 5.91. The second kappa shape index (κ2) is 12.2. The number of aryl methyl sites for hydroxylation is 1. The lowest BCUT2D eigenvalue weighted by atomic mass is 10.1. The molecule has 0 atom stereocenters. The second-order valence-electron chi connectivity index (χ2n) is 8.14. The maximum atomic E-state index is 12.4. The van der Waals surface area contributed by atoms with Crippen molar-refractivity contribution in [3.63, 3.8) is 0 Å². The summed E-state index contributed by atoms with van der Waals surface area (Å²) in [7, 11) is 1.48. The van der Waals surface area contributed by atoms with Crippen molar-refractivity contribution in [2.75, 3.05) is 13.7 Å². The van der Waals surface area contributed by atoms with Gasteiger partial charge in [0.05, 0.1) is 18.9 Å². The Bertz CT molecular complexity index is 1380. The van der Waals surface area contributed by atoms with Crippen molar-refractivity contribution in [3.8, 4) is 28.4 Å². The van der Waals surface area contributed by atoms with Gasteiger partial charge in [-0.25, -0.2) is 10.2 Å². The standard InChI is InChI=1S/C30H26N2O5/c1-21-8-11-25(12-9-21)30(34)37-27-17-10-22(18-28(27)35-2)19-31-32-29(33)20-36-26-15-13-24(14-16-26)23-6-4-3-5-7-23/h3-19H,20H2,1-2H3,(H,32,33)/b31-19+. The molecule has 0 heterocycles. The number of hydrogen-bond acceptors (Lipinski definition) is 6. The van der Waals surface area contributed by atoms with Gasteiger partial charge in [-0.2, -0.15) is 5.10 Å². The molecule has 1 N–H and O–H groups in total. The van der Waals surface area contributed by atoms with Crippen LogP contribution in [0.3, 0.4) is 0 Å². The third kappa shape index (κ3) is 7.05. The molecule has 0 spiro atoms. The third-order valence-electron chi connectivity index (χ3n) is 5.41. The normalized spacial score (nSPS) is 10.6. The monoisotopic (exact) mass is 494 g/mol. The Kier molecular flexibility index (Phi) is 8.29. The zero-order valence-corrected chi connectivity index (χ0v) is 20.5. The van der Waals surface area contributed by atoms with Crippen LogP contribution in [0.1, 0.15) is 21.5 Å². The minimum absolute atomic E-state index is 0.181. The number of amides is 1. The Labute approximate surface area is 215 Å². The molecular formula is C30H26N2O5. The molecule has 7 nitrogen and oxygen atoms in total. The molecule has 0 saturated carbocycles. The van der Waals surface area contributed by atoms with Gasteiger partial charge in [-0.05, 0) is 66.1 Å². The van der Waals surface area contributed by atoms with Crippen LogP contribution in [0, 0.1) is 6.92 Å². The summed E-state index contributed by atoms with van der Waals surface area (Å²) < 4.78 is 16.4. The van der Waals surface area contributed by atoms with Gasteiger partial charge in [0, 0.05) is 0 Å². The lowest BCUT2D eigenvalue weighted by Crippen LogP contribution is -2.24. The number of hydrazone groups is 1. The van der Waals surface area contributed by atoms with Crippen molar-refractivity contribution in [1.29, 1.82) is 0 Å². The van der Waals surface area contributed by atoms with Crippen LogP contribution in [-0.4, -0.2) is 31.8 Å². The summed E-state index contributed by atoms with van der Waals surface area (Å²) in [6, 6.07) is 29.6. The van der Waals surface area contributed by atoms with E-state index in [2.05, 4.69) is 10.5 Å². The highest BCUT2D eigenvalue weighted by atomic mass is 16.6. The lowest BCUT2D eigenvalue weighted by Gasteiger charge is -2.10.